The number of halogens is 1. The van der Waals surface area contributed by atoms with Crippen LogP contribution in [0.5, 0.6) is 0 Å². The average molecular weight is 338 g/mol. The lowest BCUT2D eigenvalue weighted by atomic mass is 10.1. The third kappa shape index (κ3) is 3.45. The fourth-order valence-corrected chi connectivity index (χ4v) is 2.96. The van der Waals surface area contributed by atoms with Gasteiger partial charge in [0.2, 0.25) is 5.91 Å². The Morgan fingerprint density at radius 3 is 2.59 bits per heavy atom. The lowest BCUT2D eigenvalue weighted by molar-refractivity contribution is -0.254. The van der Waals surface area contributed by atoms with E-state index in [0.29, 0.717) is 21.4 Å². The van der Waals surface area contributed by atoms with Crippen molar-refractivity contribution in [2.75, 3.05) is 5.32 Å². The molecule has 0 fully saturated rings. The van der Waals surface area contributed by atoms with Crippen LogP contribution in [-0.4, -0.2) is 16.9 Å². The fraction of sp³-hybridized carbons (Fsp3) is 0.267. The Bertz CT molecular complexity index is 742. The van der Waals surface area contributed by atoms with E-state index in [2.05, 4.69) is 10.3 Å². The van der Waals surface area contributed by atoms with Crippen LogP contribution in [0.3, 0.4) is 0 Å². The Kier molecular flexibility index (Phi) is 4.83. The van der Waals surface area contributed by atoms with E-state index >= 15 is 0 Å². The number of rotatable bonds is 4. The average Bonchev–Trinajstić information content (AvgIpc) is 2.84. The van der Waals surface area contributed by atoms with E-state index < -0.39 is 11.9 Å². The first-order chi connectivity index (χ1) is 10.3. The molecule has 0 aliphatic heterocycles. The van der Waals surface area contributed by atoms with Gasteiger partial charge in [-0.2, -0.15) is 0 Å². The molecule has 1 N–H and O–H groups in total. The van der Waals surface area contributed by atoms with Gasteiger partial charge in [0, 0.05) is 10.7 Å². The van der Waals surface area contributed by atoms with Crippen LogP contribution >= 0.6 is 22.9 Å². The number of anilines is 1. The van der Waals surface area contributed by atoms with Crippen LogP contribution in [-0.2, 0) is 4.79 Å². The predicted octanol–water partition coefficient (Wildman–Crippen LogP) is 2.52. The molecule has 0 unspecified atom stereocenters. The van der Waals surface area contributed by atoms with E-state index in [-0.39, 0.29) is 10.8 Å². The zero-order valence-electron chi connectivity index (χ0n) is 12.3. The van der Waals surface area contributed by atoms with E-state index in [0.717, 1.165) is 16.9 Å². The van der Waals surface area contributed by atoms with E-state index in [9.17, 15) is 14.7 Å². The number of hydrogen-bond donors (Lipinski definition) is 1. The van der Waals surface area contributed by atoms with Crippen molar-refractivity contribution in [2.24, 2.45) is 0 Å². The number of hydrogen-bond acceptors (Lipinski definition) is 5. The zero-order chi connectivity index (χ0) is 16.4. The largest absolute Gasteiger partial charge is 0.544 e. The number of carbonyl (C=O) groups excluding carboxylic acids is 2. The third-order valence-corrected chi connectivity index (χ3v) is 4.93. The van der Waals surface area contributed by atoms with Crippen molar-refractivity contribution in [2.45, 2.75) is 26.7 Å². The number of carbonyl (C=O) groups is 2. The molecule has 22 heavy (non-hydrogen) atoms. The molecule has 5 nitrogen and oxygen atoms in total. The van der Waals surface area contributed by atoms with Crippen LogP contribution in [0, 0.1) is 13.8 Å². The number of benzene rings is 1. The quantitative estimate of drug-likeness (QED) is 0.929. The predicted molar refractivity (Wildman–Crippen MR) is 84.4 cm³/mol. The summed E-state index contributed by atoms with van der Waals surface area (Å²) in [5.41, 5.74) is 1.86. The highest BCUT2D eigenvalue weighted by atomic mass is 35.5. The maximum Gasteiger partial charge on any atom is 0.234 e. The molecular weight excluding hydrogens is 324 g/mol. The van der Waals surface area contributed by atoms with Crippen molar-refractivity contribution in [1.82, 2.24) is 4.98 Å². The smallest absolute Gasteiger partial charge is 0.234 e. The summed E-state index contributed by atoms with van der Waals surface area (Å²) in [6, 6.07) is 5.23. The molecule has 2 rings (SSSR count). The summed E-state index contributed by atoms with van der Waals surface area (Å²) in [6.07, 6.45) is 0. The van der Waals surface area contributed by atoms with Crippen molar-refractivity contribution >= 4 is 40.5 Å². The number of amides is 1. The Hall–Kier alpha value is -1.92. The minimum Gasteiger partial charge on any atom is -0.544 e. The summed E-state index contributed by atoms with van der Waals surface area (Å²) in [5.74, 6) is -2.13. The summed E-state index contributed by atoms with van der Waals surface area (Å²) in [5, 5.41) is 14.7. The molecule has 0 saturated carbocycles. The minimum absolute atomic E-state index is 0.0491. The molecule has 0 aliphatic rings. The number of carboxylic acids is 1. The van der Waals surface area contributed by atoms with Crippen molar-refractivity contribution in [1.29, 1.82) is 0 Å². The molecule has 2 aromatic rings. The first-order valence-electron chi connectivity index (χ1n) is 6.55. The zero-order valence-corrected chi connectivity index (χ0v) is 13.8. The number of aromatic carboxylic acids is 1. The molecule has 1 amide bonds. The van der Waals surface area contributed by atoms with E-state index in [4.69, 9.17) is 11.6 Å². The lowest BCUT2D eigenvalue weighted by Crippen LogP contribution is -2.21. The minimum atomic E-state index is -1.28. The number of aromatic nitrogens is 1. The van der Waals surface area contributed by atoms with Gasteiger partial charge in [-0.25, -0.2) is 4.98 Å². The topological polar surface area (TPSA) is 82.1 Å². The Labute approximate surface area is 137 Å². The summed E-state index contributed by atoms with van der Waals surface area (Å²) in [7, 11) is 0. The summed E-state index contributed by atoms with van der Waals surface area (Å²) in [6.45, 7) is 5.12. The van der Waals surface area contributed by atoms with Crippen LogP contribution in [0.15, 0.2) is 18.2 Å². The molecule has 0 bridgehead atoms. The van der Waals surface area contributed by atoms with Crippen molar-refractivity contribution < 1.29 is 14.7 Å². The number of aryl methyl sites for hydroxylation is 2. The van der Waals surface area contributed by atoms with Gasteiger partial charge >= 0.3 is 0 Å². The second-order valence-corrected chi connectivity index (χ2v) is 6.37. The van der Waals surface area contributed by atoms with Gasteiger partial charge in [0.15, 0.2) is 0 Å². The van der Waals surface area contributed by atoms with Crippen LogP contribution < -0.4 is 10.4 Å². The highest BCUT2D eigenvalue weighted by molar-refractivity contribution is 7.13. The second kappa shape index (κ2) is 6.46. The summed E-state index contributed by atoms with van der Waals surface area (Å²) >= 11 is 6.98. The third-order valence-electron chi connectivity index (χ3n) is 3.20. The normalized spacial score (nSPS) is 12.0. The molecule has 116 valence electrons. The number of thiazole rings is 1. The van der Waals surface area contributed by atoms with Gasteiger partial charge in [-0.05, 0) is 38.5 Å². The second-order valence-electron chi connectivity index (χ2n) is 4.93. The molecule has 0 spiro atoms. The monoisotopic (exact) mass is 337 g/mol. The highest BCUT2D eigenvalue weighted by Crippen LogP contribution is 2.26. The van der Waals surface area contributed by atoms with Gasteiger partial charge in [-0.15, -0.1) is 11.3 Å². The van der Waals surface area contributed by atoms with Crippen molar-refractivity contribution in [3.63, 3.8) is 0 Å². The van der Waals surface area contributed by atoms with Crippen LogP contribution in [0.4, 0.5) is 5.69 Å². The van der Waals surface area contributed by atoms with Gasteiger partial charge in [0.25, 0.3) is 0 Å². The first-order valence-corrected chi connectivity index (χ1v) is 7.74. The van der Waals surface area contributed by atoms with Crippen LogP contribution in [0.1, 0.15) is 38.8 Å². The molecule has 7 heteroatoms. The van der Waals surface area contributed by atoms with Gasteiger partial charge in [-0.1, -0.05) is 17.7 Å². The number of nitrogens with zero attached hydrogens (tertiary/aromatic N) is 1. The van der Waals surface area contributed by atoms with Crippen molar-refractivity contribution in [3.8, 4) is 0 Å². The SMILES string of the molecule is Cc1ccc(NC(=O)[C@H](C)c2nc(C)c(C(=O)[O-])s2)cc1Cl. The molecule has 1 heterocycles. The van der Waals surface area contributed by atoms with Crippen LogP contribution in [0.2, 0.25) is 5.02 Å². The Balaban J connectivity index is 2.16. The van der Waals surface area contributed by atoms with Gasteiger partial charge < -0.3 is 15.2 Å². The Morgan fingerprint density at radius 1 is 1.36 bits per heavy atom. The molecule has 0 radical (unpaired) electrons. The highest BCUT2D eigenvalue weighted by Gasteiger charge is 2.21. The van der Waals surface area contributed by atoms with Gasteiger partial charge in [0.05, 0.1) is 22.5 Å². The van der Waals surface area contributed by atoms with Gasteiger partial charge in [-0.3, -0.25) is 4.79 Å². The van der Waals surface area contributed by atoms with E-state index in [1.54, 1.807) is 26.0 Å². The molecule has 1 aromatic carbocycles. The summed E-state index contributed by atoms with van der Waals surface area (Å²) < 4.78 is 0. The maximum atomic E-state index is 12.2. The van der Waals surface area contributed by atoms with Gasteiger partial charge in [0.1, 0.15) is 5.01 Å². The fourth-order valence-electron chi connectivity index (χ4n) is 1.83. The molecule has 0 aliphatic carbocycles. The molecule has 1 atom stereocenters. The molecule has 0 saturated heterocycles. The lowest BCUT2D eigenvalue weighted by Gasteiger charge is -2.10. The molecular formula is C15H14ClN2O3S-. The standard InChI is InChI=1S/C15H15ClN2O3S/c1-7-4-5-10(6-11(7)16)18-13(19)8(2)14-17-9(3)12(22-14)15(20)21/h4-6,8H,1-3H3,(H,18,19)(H,20,21)/p-1/t8-/m0/s1. The first kappa shape index (κ1) is 16.5. The van der Waals surface area contributed by atoms with E-state index in [1.165, 1.54) is 0 Å². The Morgan fingerprint density at radius 2 is 2.05 bits per heavy atom. The van der Waals surface area contributed by atoms with Crippen LogP contribution in [0.25, 0.3) is 0 Å². The maximum absolute atomic E-state index is 12.2. The molecule has 1 aromatic heterocycles. The van der Waals surface area contributed by atoms with E-state index in [1.807, 2.05) is 13.0 Å². The number of nitrogens with one attached hydrogen (secondary N) is 1. The summed E-state index contributed by atoms with van der Waals surface area (Å²) in [4.78, 5) is 27.4. The van der Waals surface area contributed by atoms with Crippen molar-refractivity contribution in [3.05, 3.63) is 44.4 Å². The number of carboxylic acid groups (broad SMARTS) is 1.